The Balaban J connectivity index is 1.72. The van der Waals surface area contributed by atoms with Gasteiger partial charge in [-0.15, -0.1) is 11.3 Å². The smallest absolute Gasteiger partial charge is 0.145 e. The second-order valence-electron chi connectivity index (χ2n) is 4.67. The first-order chi connectivity index (χ1) is 10.3. The van der Waals surface area contributed by atoms with E-state index >= 15 is 0 Å². The van der Waals surface area contributed by atoms with E-state index in [4.69, 9.17) is 4.74 Å². The molecule has 0 aliphatic rings. The summed E-state index contributed by atoms with van der Waals surface area (Å²) in [5.74, 6) is 0.816. The number of hydrogen-bond acceptors (Lipinski definition) is 4. The maximum Gasteiger partial charge on any atom is 0.145 e. The molecule has 108 valence electrons. The molecule has 0 fully saturated rings. The van der Waals surface area contributed by atoms with E-state index in [2.05, 4.69) is 49.8 Å². The van der Waals surface area contributed by atoms with E-state index in [1.165, 1.54) is 4.88 Å². The predicted molar refractivity (Wildman–Crippen MR) is 90.9 cm³/mol. The third-order valence-electron chi connectivity index (χ3n) is 3.19. The van der Waals surface area contributed by atoms with Crippen LogP contribution in [-0.2, 0) is 13.1 Å². The molecule has 0 radical (unpaired) electrons. The number of rotatable bonds is 5. The molecule has 2 heterocycles. The summed E-state index contributed by atoms with van der Waals surface area (Å²) >= 11 is 5.21. The lowest BCUT2D eigenvalue weighted by Crippen LogP contribution is -2.12. The fourth-order valence-electron chi connectivity index (χ4n) is 2.18. The van der Waals surface area contributed by atoms with Crippen LogP contribution in [0.1, 0.15) is 10.6 Å². The lowest BCUT2D eigenvalue weighted by atomic mass is 10.2. The standard InChI is InChI=1S/C16H15BrN2OS/c1-20-15-4-2-3-11-5-6-13(19-16(11)15)8-18-9-14-7-12(17)10-21-14/h2-7,10,18H,8-9H2,1H3. The molecule has 0 unspecified atom stereocenters. The summed E-state index contributed by atoms with van der Waals surface area (Å²) in [6, 6.07) is 12.2. The zero-order chi connectivity index (χ0) is 14.7. The van der Waals surface area contributed by atoms with Gasteiger partial charge < -0.3 is 10.1 Å². The van der Waals surface area contributed by atoms with Crippen LogP contribution < -0.4 is 10.1 Å². The summed E-state index contributed by atoms with van der Waals surface area (Å²) in [5, 5.41) is 6.61. The van der Waals surface area contributed by atoms with Crippen molar-refractivity contribution in [2.24, 2.45) is 0 Å². The maximum atomic E-state index is 5.37. The molecule has 0 atom stereocenters. The van der Waals surface area contributed by atoms with Crippen LogP contribution >= 0.6 is 27.3 Å². The normalized spacial score (nSPS) is 11.0. The molecule has 0 saturated heterocycles. The van der Waals surface area contributed by atoms with Crippen LogP contribution in [0.2, 0.25) is 0 Å². The van der Waals surface area contributed by atoms with Gasteiger partial charge in [0, 0.05) is 33.2 Å². The predicted octanol–water partition coefficient (Wildman–Crippen LogP) is 4.36. The minimum absolute atomic E-state index is 0.740. The van der Waals surface area contributed by atoms with E-state index in [0.717, 1.165) is 39.9 Å². The SMILES string of the molecule is COc1cccc2ccc(CNCc3cc(Br)cs3)nc12. The van der Waals surface area contributed by atoms with Gasteiger partial charge in [0.05, 0.1) is 12.8 Å². The first-order valence-corrected chi connectivity index (χ1v) is 8.30. The average molecular weight is 363 g/mol. The second-order valence-corrected chi connectivity index (χ2v) is 6.58. The number of pyridine rings is 1. The molecular weight excluding hydrogens is 348 g/mol. The summed E-state index contributed by atoms with van der Waals surface area (Å²) < 4.78 is 6.51. The largest absolute Gasteiger partial charge is 0.494 e. The average Bonchev–Trinajstić information content (AvgIpc) is 2.92. The van der Waals surface area contributed by atoms with Crippen molar-refractivity contribution < 1.29 is 4.74 Å². The zero-order valence-corrected chi connectivity index (χ0v) is 14.0. The molecule has 3 rings (SSSR count). The van der Waals surface area contributed by atoms with Gasteiger partial charge >= 0.3 is 0 Å². The molecule has 0 bridgehead atoms. The van der Waals surface area contributed by atoms with Crippen LogP contribution in [0.4, 0.5) is 0 Å². The number of methoxy groups -OCH3 is 1. The number of ether oxygens (including phenoxy) is 1. The summed E-state index contributed by atoms with van der Waals surface area (Å²) in [6.07, 6.45) is 0. The van der Waals surface area contributed by atoms with Crippen molar-refractivity contribution in [3.63, 3.8) is 0 Å². The second kappa shape index (κ2) is 6.56. The Labute approximate surface area is 136 Å². The Morgan fingerprint density at radius 1 is 1.24 bits per heavy atom. The van der Waals surface area contributed by atoms with Crippen molar-refractivity contribution in [2.45, 2.75) is 13.1 Å². The Hall–Kier alpha value is -1.43. The molecule has 5 heteroatoms. The molecule has 1 N–H and O–H groups in total. The number of nitrogens with one attached hydrogen (secondary N) is 1. The molecule has 0 aliphatic carbocycles. The van der Waals surface area contributed by atoms with Crippen LogP contribution in [0.5, 0.6) is 5.75 Å². The quantitative estimate of drug-likeness (QED) is 0.732. The number of benzene rings is 1. The third-order valence-corrected chi connectivity index (χ3v) is 4.89. The lowest BCUT2D eigenvalue weighted by molar-refractivity contribution is 0.418. The van der Waals surface area contributed by atoms with Gasteiger partial charge in [-0.1, -0.05) is 18.2 Å². The molecular formula is C16H15BrN2OS. The molecule has 21 heavy (non-hydrogen) atoms. The first kappa shape index (κ1) is 14.5. The van der Waals surface area contributed by atoms with E-state index in [-0.39, 0.29) is 0 Å². The topological polar surface area (TPSA) is 34.1 Å². The first-order valence-electron chi connectivity index (χ1n) is 6.62. The molecule has 3 aromatic rings. The van der Waals surface area contributed by atoms with Crippen LogP contribution in [0.15, 0.2) is 46.3 Å². The van der Waals surface area contributed by atoms with Crippen molar-refractivity contribution in [1.82, 2.24) is 10.3 Å². The number of nitrogens with zero attached hydrogens (tertiary/aromatic N) is 1. The summed E-state index contributed by atoms with van der Waals surface area (Å²) in [5.41, 5.74) is 1.93. The highest BCUT2D eigenvalue weighted by Gasteiger charge is 2.04. The van der Waals surface area contributed by atoms with E-state index in [9.17, 15) is 0 Å². The van der Waals surface area contributed by atoms with Crippen LogP contribution in [-0.4, -0.2) is 12.1 Å². The van der Waals surface area contributed by atoms with Crippen molar-refractivity contribution in [3.8, 4) is 5.75 Å². The fourth-order valence-corrected chi connectivity index (χ4v) is 3.60. The van der Waals surface area contributed by atoms with Gasteiger partial charge in [-0.3, -0.25) is 0 Å². The molecule has 1 aromatic carbocycles. The number of para-hydroxylation sites is 1. The van der Waals surface area contributed by atoms with Crippen LogP contribution in [0.25, 0.3) is 10.9 Å². The number of aromatic nitrogens is 1. The van der Waals surface area contributed by atoms with Crippen molar-refractivity contribution in [3.05, 3.63) is 56.8 Å². The van der Waals surface area contributed by atoms with Crippen LogP contribution in [0.3, 0.4) is 0 Å². The molecule has 0 aliphatic heterocycles. The molecule has 3 nitrogen and oxygen atoms in total. The van der Waals surface area contributed by atoms with Gasteiger partial charge in [-0.05, 0) is 34.1 Å². The van der Waals surface area contributed by atoms with Crippen molar-refractivity contribution >= 4 is 38.2 Å². The monoisotopic (exact) mass is 362 g/mol. The van der Waals surface area contributed by atoms with E-state index < -0.39 is 0 Å². The Morgan fingerprint density at radius 2 is 2.14 bits per heavy atom. The summed E-state index contributed by atoms with van der Waals surface area (Å²) in [6.45, 7) is 1.59. The van der Waals surface area contributed by atoms with Gasteiger partial charge in [-0.2, -0.15) is 0 Å². The summed E-state index contributed by atoms with van der Waals surface area (Å²) in [7, 11) is 1.68. The number of hydrogen-bond donors (Lipinski definition) is 1. The van der Waals surface area contributed by atoms with Gasteiger partial charge in [0.25, 0.3) is 0 Å². The third kappa shape index (κ3) is 3.43. The zero-order valence-electron chi connectivity index (χ0n) is 11.6. The molecule has 0 saturated carbocycles. The summed E-state index contributed by atoms with van der Waals surface area (Å²) in [4.78, 5) is 5.99. The van der Waals surface area contributed by atoms with Crippen molar-refractivity contribution in [2.75, 3.05) is 7.11 Å². The molecule has 0 amide bonds. The Bertz CT molecular complexity index is 757. The Morgan fingerprint density at radius 3 is 2.90 bits per heavy atom. The Kier molecular flexibility index (Phi) is 4.53. The highest BCUT2D eigenvalue weighted by molar-refractivity contribution is 9.10. The number of fused-ring (bicyclic) bond motifs is 1. The van der Waals surface area contributed by atoms with Gasteiger partial charge in [0.1, 0.15) is 11.3 Å². The highest BCUT2D eigenvalue weighted by Crippen LogP contribution is 2.23. The molecule has 0 spiro atoms. The maximum absolute atomic E-state index is 5.37. The van der Waals surface area contributed by atoms with Crippen LogP contribution in [0, 0.1) is 0 Å². The van der Waals surface area contributed by atoms with Gasteiger partial charge in [0.15, 0.2) is 0 Å². The minimum atomic E-state index is 0.740. The molecule has 2 aromatic heterocycles. The lowest BCUT2D eigenvalue weighted by Gasteiger charge is -2.07. The highest BCUT2D eigenvalue weighted by atomic mass is 79.9. The minimum Gasteiger partial charge on any atom is -0.494 e. The van der Waals surface area contributed by atoms with E-state index in [0.29, 0.717) is 0 Å². The fraction of sp³-hybridized carbons (Fsp3) is 0.188. The number of thiophene rings is 1. The van der Waals surface area contributed by atoms with E-state index in [1.54, 1.807) is 18.4 Å². The van der Waals surface area contributed by atoms with Crippen molar-refractivity contribution in [1.29, 1.82) is 0 Å². The van der Waals surface area contributed by atoms with Gasteiger partial charge in [0.2, 0.25) is 0 Å². The number of halogens is 1. The van der Waals surface area contributed by atoms with E-state index in [1.807, 2.05) is 18.2 Å². The van der Waals surface area contributed by atoms with Gasteiger partial charge in [-0.25, -0.2) is 4.98 Å².